The Morgan fingerprint density at radius 2 is 1.75 bits per heavy atom. The Balaban J connectivity index is 1.31. The molecule has 1 aliphatic heterocycles. The molecule has 0 saturated carbocycles. The number of ether oxygens (including phenoxy) is 1. The van der Waals surface area contributed by atoms with Crippen molar-refractivity contribution in [3.05, 3.63) is 100 Å². The van der Waals surface area contributed by atoms with Gasteiger partial charge in [0, 0.05) is 19.6 Å². The predicted octanol–water partition coefficient (Wildman–Crippen LogP) is 6.28. The number of carbonyl (C=O) groups is 1. The minimum absolute atomic E-state index is 0.153. The third-order valence-corrected chi connectivity index (χ3v) is 7.08. The number of carboxylic acid groups (broad SMARTS) is 1. The minimum atomic E-state index is -0.814. The number of hydrogen-bond donors (Lipinski definition) is 1. The zero-order valence-corrected chi connectivity index (χ0v) is 20.8. The first-order chi connectivity index (χ1) is 17.3. The van der Waals surface area contributed by atoms with Crippen molar-refractivity contribution in [1.29, 1.82) is 0 Å². The molecule has 0 amide bonds. The second kappa shape index (κ2) is 11.7. The Kier molecular flexibility index (Phi) is 8.36. The summed E-state index contributed by atoms with van der Waals surface area (Å²) in [6, 6.07) is 18.5. The maximum absolute atomic E-state index is 14.7. The molecule has 4 rings (SSSR count). The molecule has 1 atom stereocenters. The van der Waals surface area contributed by atoms with E-state index in [-0.39, 0.29) is 11.8 Å². The Morgan fingerprint density at radius 1 is 1.03 bits per heavy atom. The highest BCUT2D eigenvalue weighted by molar-refractivity contribution is 5.71. The molecule has 0 spiro atoms. The molecule has 0 aromatic heterocycles. The number of hydrogen-bond acceptors (Lipinski definition) is 3. The van der Waals surface area contributed by atoms with Crippen LogP contribution in [0.2, 0.25) is 0 Å². The quantitative estimate of drug-likeness (QED) is 0.319. The molecule has 1 unspecified atom stereocenters. The summed E-state index contributed by atoms with van der Waals surface area (Å²) in [7, 11) is 0. The maximum atomic E-state index is 14.7. The summed E-state index contributed by atoms with van der Waals surface area (Å²) < 4.78 is 34.5. The number of aliphatic carboxylic acids is 1. The average Bonchev–Trinajstić information content (AvgIpc) is 2.83. The molecule has 3 aromatic rings. The molecular formula is C30H33F2NO3. The van der Waals surface area contributed by atoms with E-state index in [2.05, 4.69) is 36.9 Å². The second-order valence-corrected chi connectivity index (χ2v) is 9.83. The van der Waals surface area contributed by atoms with Crippen LogP contribution in [-0.2, 0) is 17.8 Å². The van der Waals surface area contributed by atoms with Gasteiger partial charge in [-0.3, -0.25) is 9.69 Å². The SMILES string of the molecule is Cc1ccc(CC(CCCOc2ccc(CN3CC(C(=O)O)C3)cc2)c2cccc(F)c2F)cc1C. The van der Waals surface area contributed by atoms with Crippen LogP contribution in [0.1, 0.15) is 46.6 Å². The van der Waals surface area contributed by atoms with Crippen LogP contribution in [0.3, 0.4) is 0 Å². The van der Waals surface area contributed by atoms with Crippen LogP contribution < -0.4 is 4.74 Å². The monoisotopic (exact) mass is 493 g/mol. The molecule has 36 heavy (non-hydrogen) atoms. The minimum Gasteiger partial charge on any atom is -0.494 e. The first kappa shape index (κ1) is 25.8. The van der Waals surface area contributed by atoms with Crippen molar-refractivity contribution in [3.63, 3.8) is 0 Å². The fraction of sp³-hybridized carbons (Fsp3) is 0.367. The number of carboxylic acids is 1. The lowest BCUT2D eigenvalue weighted by molar-refractivity contribution is -0.147. The van der Waals surface area contributed by atoms with Crippen molar-refractivity contribution in [2.75, 3.05) is 19.7 Å². The van der Waals surface area contributed by atoms with Crippen molar-refractivity contribution in [3.8, 4) is 5.75 Å². The van der Waals surface area contributed by atoms with Crippen molar-refractivity contribution >= 4 is 5.97 Å². The first-order valence-electron chi connectivity index (χ1n) is 12.5. The molecule has 6 heteroatoms. The summed E-state index contributed by atoms with van der Waals surface area (Å²) in [5.41, 5.74) is 5.03. The fourth-order valence-electron chi connectivity index (χ4n) is 4.74. The van der Waals surface area contributed by atoms with E-state index in [0.717, 1.165) is 29.5 Å². The highest BCUT2D eigenvalue weighted by Crippen LogP contribution is 2.30. The maximum Gasteiger partial charge on any atom is 0.309 e. The van der Waals surface area contributed by atoms with Crippen LogP contribution in [0, 0.1) is 31.4 Å². The number of nitrogens with zero attached hydrogens (tertiary/aromatic N) is 1. The van der Waals surface area contributed by atoms with E-state index in [9.17, 15) is 13.6 Å². The van der Waals surface area contributed by atoms with Crippen LogP contribution in [-0.4, -0.2) is 35.7 Å². The molecule has 3 aromatic carbocycles. The highest BCUT2D eigenvalue weighted by Gasteiger charge is 2.32. The number of benzene rings is 3. The fourth-order valence-corrected chi connectivity index (χ4v) is 4.74. The molecule has 1 saturated heterocycles. The van der Waals surface area contributed by atoms with Crippen LogP contribution in [0.4, 0.5) is 8.78 Å². The number of aryl methyl sites for hydroxylation is 2. The molecular weight excluding hydrogens is 460 g/mol. The van der Waals surface area contributed by atoms with E-state index >= 15 is 0 Å². The summed E-state index contributed by atoms with van der Waals surface area (Å²) in [6.07, 6.45) is 2.01. The number of rotatable bonds is 11. The second-order valence-electron chi connectivity index (χ2n) is 9.83. The third kappa shape index (κ3) is 6.49. The van der Waals surface area contributed by atoms with E-state index < -0.39 is 17.6 Å². The lowest BCUT2D eigenvalue weighted by Gasteiger charge is -2.36. The van der Waals surface area contributed by atoms with Gasteiger partial charge in [0.1, 0.15) is 5.75 Å². The van der Waals surface area contributed by atoms with Gasteiger partial charge in [-0.25, -0.2) is 8.78 Å². The molecule has 4 nitrogen and oxygen atoms in total. The van der Waals surface area contributed by atoms with Gasteiger partial charge in [-0.1, -0.05) is 42.5 Å². The zero-order valence-electron chi connectivity index (χ0n) is 20.8. The standard InChI is InChI=1S/C30H33F2NO3/c1-20-8-9-23(15-21(20)2)16-24(27-6-3-7-28(31)29(27)32)5-4-14-36-26-12-10-22(11-13-26)17-33-18-25(19-33)30(34)35/h3,6-13,15,24-25H,4-5,14,16-19H2,1-2H3,(H,34,35). The van der Waals surface area contributed by atoms with Gasteiger partial charge in [-0.05, 0) is 85.0 Å². The summed E-state index contributed by atoms with van der Waals surface area (Å²) in [5.74, 6) is -1.96. The van der Waals surface area contributed by atoms with E-state index in [1.807, 2.05) is 24.3 Å². The predicted molar refractivity (Wildman–Crippen MR) is 136 cm³/mol. The summed E-state index contributed by atoms with van der Waals surface area (Å²) in [5, 5.41) is 9.00. The van der Waals surface area contributed by atoms with Gasteiger partial charge >= 0.3 is 5.97 Å². The number of halogens is 2. The largest absolute Gasteiger partial charge is 0.494 e. The zero-order chi connectivity index (χ0) is 25.7. The van der Waals surface area contributed by atoms with E-state index in [4.69, 9.17) is 9.84 Å². The summed E-state index contributed by atoms with van der Waals surface area (Å²) in [6.45, 7) is 6.50. The molecule has 1 aliphatic rings. The van der Waals surface area contributed by atoms with Crippen molar-refractivity contribution < 1.29 is 23.4 Å². The van der Waals surface area contributed by atoms with Gasteiger partial charge < -0.3 is 9.84 Å². The van der Waals surface area contributed by atoms with Gasteiger partial charge in [0.05, 0.1) is 12.5 Å². The van der Waals surface area contributed by atoms with Crippen LogP contribution in [0.5, 0.6) is 5.75 Å². The first-order valence-corrected chi connectivity index (χ1v) is 12.5. The van der Waals surface area contributed by atoms with Gasteiger partial charge in [-0.2, -0.15) is 0 Å². The molecule has 0 bridgehead atoms. The van der Waals surface area contributed by atoms with E-state index in [1.54, 1.807) is 12.1 Å². The number of likely N-dealkylation sites (tertiary alicyclic amines) is 1. The van der Waals surface area contributed by atoms with E-state index in [0.29, 0.717) is 44.5 Å². The molecule has 190 valence electrons. The van der Waals surface area contributed by atoms with Crippen molar-refractivity contribution in [2.24, 2.45) is 5.92 Å². The average molecular weight is 494 g/mol. The Morgan fingerprint density at radius 3 is 2.44 bits per heavy atom. The molecule has 0 radical (unpaired) electrons. The van der Waals surface area contributed by atoms with Gasteiger partial charge in [-0.15, -0.1) is 0 Å². The lowest BCUT2D eigenvalue weighted by Crippen LogP contribution is -2.49. The summed E-state index contributed by atoms with van der Waals surface area (Å²) >= 11 is 0. The van der Waals surface area contributed by atoms with Crippen LogP contribution in [0.25, 0.3) is 0 Å². The van der Waals surface area contributed by atoms with Gasteiger partial charge in [0.2, 0.25) is 0 Å². The van der Waals surface area contributed by atoms with Crippen LogP contribution in [0.15, 0.2) is 60.7 Å². The smallest absolute Gasteiger partial charge is 0.309 e. The third-order valence-electron chi connectivity index (χ3n) is 7.08. The van der Waals surface area contributed by atoms with Crippen LogP contribution >= 0.6 is 0 Å². The lowest BCUT2D eigenvalue weighted by atomic mass is 9.87. The molecule has 1 heterocycles. The van der Waals surface area contributed by atoms with E-state index in [1.165, 1.54) is 11.1 Å². The molecule has 1 fully saturated rings. The van der Waals surface area contributed by atoms with Crippen molar-refractivity contribution in [2.45, 2.75) is 45.6 Å². The van der Waals surface area contributed by atoms with Gasteiger partial charge in [0.25, 0.3) is 0 Å². The van der Waals surface area contributed by atoms with Gasteiger partial charge in [0.15, 0.2) is 11.6 Å². The Bertz CT molecular complexity index is 1190. The van der Waals surface area contributed by atoms with Crippen molar-refractivity contribution in [1.82, 2.24) is 4.90 Å². The normalized spacial score (nSPS) is 14.9. The Hall–Kier alpha value is -3.25. The molecule has 0 aliphatic carbocycles. The topological polar surface area (TPSA) is 49.8 Å². The Labute approximate surface area is 211 Å². The molecule has 1 N–H and O–H groups in total. The summed E-state index contributed by atoms with van der Waals surface area (Å²) in [4.78, 5) is 13.0. The highest BCUT2D eigenvalue weighted by atomic mass is 19.2.